The highest BCUT2D eigenvalue weighted by Crippen LogP contribution is 2.14. The summed E-state index contributed by atoms with van der Waals surface area (Å²) in [5.41, 5.74) is 0. The molecule has 0 atom stereocenters. The average Bonchev–Trinajstić information content (AvgIpc) is 3.09. The summed E-state index contributed by atoms with van der Waals surface area (Å²) in [5.74, 6) is 3.17. The smallest absolute Gasteiger partial charge is 0.194 e. The zero-order valence-electron chi connectivity index (χ0n) is 12.0. The lowest BCUT2D eigenvalue weighted by atomic mass is 10.2. The summed E-state index contributed by atoms with van der Waals surface area (Å²) in [5, 5.41) is 12.0. The highest BCUT2D eigenvalue weighted by atomic mass is 127. The Balaban J connectivity index is 0.00000147. The molecule has 6 nitrogen and oxygen atoms in total. The molecular weight excluding hydrogens is 367 g/mol. The zero-order valence-corrected chi connectivity index (χ0v) is 14.3. The fourth-order valence-electron chi connectivity index (χ4n) is 2.92. The molecule has 2 aliphatic heterocycles. The van der Waals surface area contributed by atoms with Crippen molar-refractivity contribution >= 4 is 29.9 Å². The second-order valence-electron chi connectivity index (χ2n) is 5.24. The second kappa shape index (κ2) is 7.24. The number of guanidine groups is 1. The van der Waals surface area contributed by atoms with E-state index in [2.05, 4.69) is 30.0 Å². The maximum absolute atomic E-state index is 4.36. The van der Waals surface area contributed by atoms with Gasteiger partial charge >= 0.3 is 0 Å². The van der Waals surface area contributed by atoms with Gasteiger partial charge in [-0.25, -0.2) is 0 Å². The first-order valence-electron chi connectivity index (χ1n) is 7.25. The number of hydrogen-bond acceptors (Lipinski definition) is 3. The van der Waals surface area contributed by atoms with Crippen molar-refractivity contribution in [1.82, 2.24) is 25.0 Å². The van der Waals surface area contributed by atoms with Crippen LogP contribution in [-0.2, 0) is 19.5 Å². The van der Waals surface area contributed by atoms with Crippen LogP contribution in [0, 0.1) is 0 Å². The molecule has 0 bridgehead atoms. The van der Waals surface area contributed by atoms with Crippen LogP contribution in [0.2, 0.25) is 0 Å². The van der Waals surface area contributed by atoms with Crippen LogP contribution in [0.3, 0.4) is 0 Å². The molecule has 1 aromatic heterocycles. The molecule has 0 aromatic carbocycles. The highest BCUT2D eigenvalue weighted by Gasteiger charge is 2.18. The summed E-state index contributed by atoms with van der Waals surface area (Å²) in [6, 6.07) is 0. The number of likely N-dealkylation sites (tertiary alicyclic amines) is 1. The molecule has 0 amide bonds. The van der Waals surface area contributed by atoms with Crippen molar-refractivity contribution in [2.45, 2.75) is 45.2 Å². The molecule has 0 radical (unpaired) electrons. The Labute approximate surface area is 137 Å². The van der Waals surface area contributed by atoms with Gasteiger partial charge < -0.3 is 14.8 Å². The number of fused-ring (bicyclic) bond motifs is 1. The number of hydrogen-bond donors (Lipinski definition) is 1. The van der Waals surface area contributed by atoms with E-state index in [9.17, 15) is 0 Å². The minimum atomic E-state index is 0. The maximum Gasteiger partial charge on any atom is 0.194 e. The molecule has 1 saturated heterocycles. The van der Waals surface area contributed by atoms with Gasteiger partial charge in [0, 0.05) is 33.1 Å². The van der Waals surface area contributed by atoms with E-state index in [4.69, 9.17) is 0 Å². The quantitative estimate of drug-likeness (QED) is 0.471. The van der Waals surface area contributed by atoms with Gasteiger partial charge in [0.1, 0.15) is 5.82 Å². The molecule has 1 aromatic rings. The van der Waals surface area contributed by atoms with E-state index < -0.39 is 0 Å². The van der Waals surface area contributed by atoms with Gasteiger partial charge in [-0.3, -0.25) is 4.99 Å². The number of nitrogens with zero attached hydrogens (tertiary/aromatic N) is 5. The monoisotopic (exact) mass is 390 g/mol. The van der Waals surface area contributed by atoms with Gasteiger partial charge in [0.2, 0.25) is 0 Å². The van der Waals surface area contributed by atoms with Crippen LogP contribution in [0.1, 0.15) is 37.3 Å². The van der Waals surface area contributed by atoms with Crippen molar-refractivity contribution in [3.05, 3.63) is 11.6 Å². The Morgan fingerprint density at radius 1 is 1.15 bits per heavy atom. The number of rotatable bonds is 2. The third kappa shape index (κ3) is 3.24. The van der Waals surface area contributed by atoms with E-state index in [1.54, 1.807) is 0 Å². The SMILES string of the molecule is CN=C(NCc1nnc2n1CCCC2)N1CCCC1.I. The van der Waals surface area contributed by atoms with Crippen LogP contribution in [0.25, 0.3) is 0 Å². The number of aliphatic imine (C=N–C) groups is 1. The van der Waals surface area contributed by atoms with E-state index in [-0.39, 0.29) is 24.0 Å². The molecule has 0 aliphatic carbocycles. The van der Waals surface area contributed by atoms with Crippen LogP contribution in [-0.4, -0.2) is 45.8 Å². The summed E-state index contributed by atoms with van der Waals surface area (Å²) < 4.78 is 2.26. The molecule has 1 N–H and O–H groups in total. The van der Waals surface area contributed by atoms with E-state index in [1.165, 1.54) is 25.7 Å². The normalized spacial score (nSPS) is 18.6. The first-order valence-corrected chi connectivity index (χ1v) is 7.25. The molecule has 112 valence electrons. The number of halogens is 1. The lowest BCUT2D eigenvalue weighted by Crippen LogP contribution is -2.39. The summed E-state index contributed by atoms with van der Waals surface area (Å²) in [7, 11) is 1.85. The summed E-state index contributed by atoms with van der Waals surface area (Å²) in [6.07, 6.45) is 6.07. The number of nitrogens with one attached hydrogen (secondary N) is 1. The molecule has 0 saturated carbocycles. The minimum Gasteiger partial charge on any atom is -0.349 e. The third-order valence-corrected chi connectivity index (χ3v) is 3.96. The zero-order chi connectivity index (χ0) is 13.1. The van der Waals surface area contributed by atoms with E-state index in [1.807, 2.05) is 7.05 Å². The highest BCUT2D eigenvalue weighted by molar-refractivity contribution is 14.0. The lowest BCUT2D eigenvalue weighted by molar-refractivity contribution is 0.480. The topological polar surface area (TPSA) is 58.3 Å². The van der Waals surface area contributed by atoms with Crippen molar-refractivity contribution in [3.8, 4) is 0 Å². The summed E-state index contributed by atoms with van der Waals surface area (Å²) in [4.78, 5) is 6.67. The molecule has 2 aliphatic rings. The second-order valence-corrected chi connectivity index (χ2v) is 5.24. The van der Waals surface area contributed by atoms with Crippen LogP contribution in [0.15, 0.2) is 4.99 Å². The number of aryl methyl sites for hydroxylation is 1. The van der Waals surface area contributed by atoms with Gasteiger partial charge in [-0.1, -0.05) is 0 Å². The number of aromatic nitrogens is 3. The molecule has 20 heavy (non-hydrogen) atoms. The summed E-state index contributed by atoms with van der Waals surface area (Å²) >= 11 is 0. The lowest BCUT2D eigenvalue weighted by Gasteiger charge is -2.21. The largest absolute Gasteiger partial charge is 0.349 e. The van der Waals surface area contributed by atoms with Gasteiger partial charge in [0.25, 0.3) is 0 Å². The van der Waals surface area contributed by atoms with Gasteiger partial charge in [0.05, 0.1) is 6.54 Å². The van der Waals surface area contributed by atoms with E-state index in [0.29, 0.717) is 0 Å². The first-order chi connectivity index (χ1) is 9.38. The maximum atomic E-state index is 4.36. The van der Waals surface area contributed by atoms with Crippen molar-refractivity contribution < 1.29 is 0 Å². The van der Waals surface area contributed by atoms with Gasteiger partial charge in [-0.05, 0) is 25.7 Å². The van der Waals surface area contributed by atoms with E-state index >= 15 is 0 Å². The third-order valence-electron chi connectivity index (χ3n) is 3.96. The van der Waals surface area contributed by atoms with Crippen LogP contribution < -0.4 is 5.32 Å². The minimum absolute atomic E-state index is 0. The average molecular weight is 390 g/mol. The van der Waals surface area contributed by atoms with Crippen molar-refractivity contribution in [1.29, 1.82) is 0 Å². The van der Waals surface area contributed by atoms with Gasteiger partial charge in [-0.15, -0.1) is 34.2 Å². The Bertz CT molecular complexity index is 463. The molecule has 1 fully saturated rings. The molecule has 0 unspecified atom stereocenters. The first kappa shape index (κ1) is 15.5. The fourth-order valence-corrected chi connectivity index (χ4v) is 2.92. The van der Waals surface area contributed by atoms with Crippen molar-refractivity contribution in [2.75, 3.05) is 20.1 Å². The van der Waals surface area contributed by atoms with Crippen LogP contribution in [0.5, 0.6) is 0 Å². The Morgan fingerprint density at radius 2 is 1.90 bits per heavy atom. The van der Waals surface area contributed by atoms with Gasteiger partial charge in [0.15, 0.2) is 11.8 Å². The molecule has 0 spiro atoms. The predicted octanol–water partition coefficient (Wildman–Crippen LogP) is 1.40. The van der Waals surface area contributed by atoms with Crippen LogP contribution >= 0.6 is 24.0 Å². The predicted molar refractivity (Wildman–Crippen MR) is 89.4 cm³/mol. The fraction of sp³-hybridized carbons (Fsp3) is 0.769. The Hall–Kier alpha value is -0.860. The van der Waals surface area contributed by atoms with Crippen LogP contribution in [0.4, 0.5) is 0 Å². The standard InChI is InChI=1S/C13H22N6.HI/c1-14-13(18-7-4-5-8-18)15-10-12-17-16-11-6-2-3-9-19(11)12;/h2-10H2,1H3,(H,14,15);1H. The molecule has 7 heteroatoms. The molecule has 3 rings (SSSR count). The van der Waals surface area contributed by atoms with Crippen molar-refractivity contribution in [3.63, 3.8) is 0 Å². The van der Waals surface area contributed by atoms with E-state index in [0.717, 1.165) is 50.2 Å². The summed E-state index contributed by atoms with van der Waals surface area (Å²) in [6.45, 7) is 3.99. The Morgan fingerprint density at radius 3 is 2.65 bits per heavy atom. The van der Waals surface area contributed by atoms with Crippen molar-refractivity contribution in [2.24, 2.45) is 4.99 Å². The molecular formula is C13H23IN6. The van der Waals surface area contributed by atoms with Gasteiger partial charge in [-0.2, -0.15) is 0 Å². The Kier molecular flexibility index (Phi) is 5.62. The molecule has 3 heterocycles.